The molecule has 0 bridgehead atoms. The van der Waals surface area contributed by atoms with Crippen molar-refractivity contribution in [1.82, 2.24) is 10.3 Å². The van der Waals surface area contributed by atoms with Gasteiger partial charge in [-0.15, -0.1) is 0 Å². The average Bonchev–Trinajstić information content (AvgIpc) is 2.24. The van der Waals surface area contributed by atoms with Crippen LogP contribution in [0.15, 0.2) is 12.1 Å². The zero-order valence-corrected chi connectivity index (χ0v) is 13.5. The lowest BCUT2D eigenvalue weighted by molar-refractivity contribution is 0.424. The molecule has 0 fully saturated rings. The van der Waals surface area contributed by atoms with Crippen LogP contribution < -0.4 is 10.6 Å². The van der Waals surface area contributed by atoms with Gasteiger partial charge < -0.3 is 10.6 Å². The molecule has 3 heteroatoms. The average molecular weight is 263 g/mol. The summed E-state index contributed by atoms with van der Waals surface area (Å²) in [5.41, 5.74) is 2.62. The Labute approximate surface area is 118 Å². The lowest BCUT2D eigenvalue weighted by Crippen LogP contribution is -2.35. The Balaban J connectivity index is 3.00. The largest absolute Gasteiger partial charge is 0.370 e. The number of pyridine rings is 1. The van der Waals surface area contributed by atoms with Gasteiger partial charge in [0, 0.05) is 29.7 Å². The molecule has 0 spiro atoms. The Bertz CT molecular complexity index is 411. The fourth-order valence-corrected chi connectivity index (χ4v) is 1.71. The molecule has 0 amide bonds. The number of nitrogens with zero attached hydrogens (tertiary/aromatic N) is 1. The molecule has 0 saturated carbocycles. The van der Waals surface area contributed by atoms with Crippen molar-refractivity contribution in [2.75, 3.05) is 11.9 Å². The Morgan fingerprint density at radius 2 is 1.68 bits per heavy atom. The van der Waals surface area contributed by atoms with Crippen molar-refractivity contribution >= 4 is 5.82 Å². The van der Waals surface area contributed by atoms with Crippen LogP contribution in [-0.4, -0.2) is 17.1 Å². The summed E-state index contributed by atoms with van der Waals surface area (Å²) in [6, 6.07) is 4.34. The molecular weight excluding hydrogens is 234 g/mol. The molecule has 0 aromatic carbocycles. The molecule has 1 aromatic rings. The lowest BCUT2D eigenvalue weighted by Gasteiger charge is -2.23. The summed E-state index contributed by atoms with van der Waals surface area (Å²) in [6.45, 7) is 17.0. The predicted molar refractivity (Wildman–Crippen MR) is 83.7 cm³/mol. The van der Waals surface area contributed by atoms with Crippen LogP contribution in [0.4, 0.5) is 5.82 Å². The fourth-order valence-electron chi connectivity index (χ4n) is 1.71. The molecule has 1 rings (SSSR count). The first-order valence-corrected chi connectivity index (χ1v) is 7.12. The van der Waals surface area contributed by atoms with Gasteiger partial charge in [0.05, 0.1) is 0 Å². The van der Waals surface area contributed by atoms with Gasteiger partial charge in [0.1, 0.15) is 5.82 Å². The minimum absolute atomic E-state index is 0.0713. The van der Waals surface area contributed by atoms with Crippen LogP contribution in [-0.2, 0) is 12.0 Å². The molecular formula is C16H29N3. The number of anilines is 1. The minimum atomic E-state index is 0.0713. The fraction of sp³-hybridized carbons (Fsp3) is 0.688. The van der Waals surface area contributed by atoms with Gasteiger partial charge in [-0.1, -0.05) is 20.8 Å². The van der Waals surface area contributed by atoms with Crippen LogP contribution >= 0.6 is 0 Å². The van der Waals surface area contributed by atoms with Gasteiger partial charge in [0.2, 0.25) is 0 Å². The highest BCUT2D eigenvalue weighted by atomic mass is 15.0. The molecule has 0 aliphatic carbocycles. The van der Waals surface area contributed by atoms with Crippen molar-refractivity contribution < 1.29 is 0 Å². The van der Waals surface area contributed by atoms with Gasteiger partial charge in [-0.3, -0.25) is 0 Å². The van der Waals surface area contributed by atoms with Crippen LogP contribution in [0, 0.1) is 0 Å². The third-order valence-corrected chi connectivity index (χ3v) is 2.83. The van der Waals surface area contributed by atoms with Crippen molar-refractivity contribution in [1.29, 1.82) is 0 Å². The molecule has 0 radical (unpaired) electrons. The summed E-state index contributed by atoms with van der Waals surface area (Å²) >= 11 is 0. The Kier molecular flexibility index (Phi) is 4.97. The van der Waals surface area contributed by atoms with Crippen molar-refractivity contribution in [3.8, 4) is 0 Å². The van der Waals surface area contributed by atoms with Gasteiger partial charge in [-0.2, -0.15) is 0 Å². The Hall–Kier alpha value is -1.09. The maximum Gasteiger partial charge on any atom is 0.126 e. The molecule has 19 heavy (non-hydrogen) atoms. The standard InChI is InChI=1S/C16H29N3/c1-8-17-14-10-12(11-18-16(5,6)7)9-13(19-14)15(2,3)4/h9-10,18H,8,11H2,1-7H3,(H,17,19). The Morgan fingerprint density at radius 1 is 1.05 bits per heavy atom. The maximum atomic E-state index is 4.70. The van der Waals surface area contributed by atoms with Crippen LogP contribution in [0.25, 0.3) is 0 Å². The van der Waals surface area contributed by atoms with E-state index in [4.69, 9.17) is 4.98 Å². The normalized spacial score (nSPS) is 12.6. The van der Waals surface area contributed by atoms with Crippen molar-refractivity contribution in [3.05, 3.63) is 23.4 Å². The van der Waals surface area contributed by atoms with E-state index in [1.165, 1.54) is 5.56 Å². The molecule has 108 valence electrons. The van der Waals surface area contributed by atoms with E-state index < -0.39 is 0 Å². The highest BCUT2D eigenvalue weighted by Gasteiger charge is 2.17. The zero-order valence-electron chi connectivity index (χ0n) is 13.5. The molecule has 0 aliphatic rings. The molecule has 1 heterocycles. The quantitative estimate of drug-likeness (QED) is 0.869. The summed E-state index contributed by atoms with van der Waals surface area (Å²) in [5.74, 6) is 0.973. The first kappa shape index (κ1) is 16.0. The molecule has 0 saturated heterocycles. The van der Waals surface area contributed by atoms with Gasteiger partial charge in [0.25, 0.3) is 0 Å². The third-order valence-electron chi connectivity index (χ3n) is 2.83. The van der Waals surface area contributed by atoms with Crippen LogP contribution in [0.1, 0.15) is 59.7 Å². The van der Waals surface area contributed by atoms with Gasteiger partial charge in [-0.05, 0) is 45.4 Å². The van der Waals surface area contributed by atoms with E-state index in [9.17, 15) is 0 Å². The number of hydrogen-bond donors (Lipinski definition) is 2. The topological polar surface area (TPSA) is 37.0 Å². The zero-order chi connectivity index (χ0) is 14.7. The molecule has 0 aliphatic heterocycles. The van der Waals surface area contributed by atoms with Crippen molar-refractivity contribution in [2.45, 2.75) is 66.0 Å². The van der Waals surface area contributed by atoms with Crippen LogP contribution in [0.2, 0.25) is 0 Å². The molecule has 3 nitrogen and oxygen atoms in total. The number of aromatic nitrogens is 1. The van der Waals surface area contributed by atoms with E-state index >= 15 is 0 Å². The second kappa shape index (κ2) is 5.91. The van der Waals surface area contributed by atoms with E-state index in [1.807, 2.05) is 0 Å². The van der Waals surface area contributed by atoms with E-state index in [1.54, 1.807) is 0 Å². The summed E-state index contributed by atoms with van der Waals surface area (Å²) in [7, 11) is 0. The molecule has 0 unspecified atom stereocenters. The summed E-state index contributed by atoms with van der Waals surface area (Å²) < 4.78 is 0. The third kappa shape index (κ3) is 5.60. The highest BCUT2D eigenvalue weighted by Crippen LogP contribution is 2.23. The molecule has 2 N–H and O–H groups in total. The van der Waals surface area contributed by atoms with Gasteiger partial charge >= 0.3 is 0 Å². The van der Waals surface area contributed by atoms with Gasteiger partial charge in [0.15, 0.2) is 0 Å². The monoisotopic (exact) mass is 263 g/mol. The van der Waals surface area contributed by atoms with E-state index in [-0.39, 0.29) is 11.0 Å². The van der Waals surface area contributed by atoms with E-state index in [0.717, 1.165) is 24.6 Å². The van der Waals surface area contributed by atoms with Crippen molar-refractivity contribution in [3.63, 3.8) is 0 Å². The number of hydrogen-bond acceptors (Lipinski definition) is 3. The molecule has 1 aromatic heterocycles. The minimum Gasteiger partial charge on any atom is -0.370 e. The number of rotatable bonds is 4. The second-order valence-electron chi connectivity index (χ2n) is 7.13. The maximum absolute atomic E-state index is 4.70. The SMILES string of the molecule is CCNc1cc(CNC(C)(C)C)cc(C(C)(C)C)n1. The summed E-state index contributed by atoms with van der Waals surface area (Å²) in [6.07, 6.45) is 0. The molecule has 0 atom stereocenters. The number of nitrogens with one attached hydrogen (secondary N) is 2. The predicted octanol–water partition coefficient (Wildman–Crippen LogP) is 3.70. The first-order chi connectivity index (χ1) is 8.62. The Morgan fingerprint density at radius 3 is 2.16 bits per heavy atom. The summed E-state index contributed by atoms with van der Waals surface area (Å²) in [5, 5.41) is 6.85. The highest BCUT2D eigenvalue weighted by molar-refractivity contribution is 5.41. The first-order valence-electron chi connectivity index (χ1n) is 7.12. The lowest BCUT2D eigenvalue weighted by atomic mass is 9.90. The smallest absolute Gasteiger partial charge is 0.126 e. The van der Waals surface area contributed by atoms with Crippen LogP contribution in [0.5, 0.6) is 0 Å². The second-order valence-corrected chi connectivity index (χ2v) is 7.13. The van der Waals surface area contributed by atoms with E-state index in [0.29, 0.717) is 0 Å². The summed E-state index contributed by atoms with van der Waals surface area (Å²) in [4.78, 5) is 4.70. The van der Waals surface area contributed by atoms with Gasteiger partial charge in [-0.25, -0.2) is 4.98 Å². The van der Waals surface area contributed by atoms with Crippen molar-refractivity contribution in [2.24, 2.45) is 0 Å². The van der Waals surface area contributed by atoms with E-state index in [2.05, 4.69) is 71.2 Å². The van der Waals surface area contributed by atoms with Crippen LogP contribution in [0.3, 0.4) is 0 Å².